The highest BCUT2D eigenvalue weighted by molar-refractivity contribution is 5.39. The van der Waals surface area contributed by atoms with E-state index in [1.54, 1.807) is 0 Å². The quantitative estimate of drug-likeness (QED) is 0.684. The van der Waals surface area contributed by atoms with Gasteiger partial charge in [-0.05, 0) is 19.4 Å². The lowest BCUT2D eigenvalue weighted by Crippen LogP contribution is -2.25. The Morgan fingerprint density at radius 3 is 2.33 bits per heavy atom. The van der Waals surface area contributed by atoms with Gasteiger partial charge in [0.15, 0.2) is 0 Å². The fourth-order valence-corrected chi connectivity index (χ4v) is 1.44. The second-order valence-corrected chi connectivity index (χ2v) is 3.36. The predicted octanol–water partition coefficient (Wildman–Crippen LogP) is 2.82. The van der Waals surface area contributed by atoms with E-state index in [9.17, 15) is 22.0 Å². The Morgan fingerprint density at radius 2 is 1.93 bits per heavy atom. The molecular weight excluding hydrogens is 219 g/mol. The highest BCUT2D eigenvalue weighted by Crippen LogP contribution is 2.37. The minimum Gasteiger partial charge on any atom is -0.388 e. The first-order valence-electron chi connectivity index (χ1n) is 4.18. The number of hydrogen-bond acceptors (Lipinski definition) is 1. The van der Waals surface area contributed by atoms with Gasteiger partial charge in [0.1, 0.15) is 0 Å². The van der Waals surface area contributed by atoms with Crippen molar-refractivity contribution < 1.29 is 27.1 Å². The lowest BCUT2D eigenvalue weighted by atomic mass is 9.91. The summed E-state index contributed by atoms with van der Waals surface area (Å²) in [6, 6.07) is 0. The van der Waals surface area contributed by atoms with Gasteiger partial charge in [0.2, 0.25) is 0 Å². The van der Waals surface area contributed by atoms with Gasteiger partial charge in [0.25, 0.3) is 6.43 Å². The van der Waals surface area contributed by atoms with Crippen LogP contribution in [0.1, 0.15) is 13.3 Å². The molecule has 15 heavy (non-hydrogen) atoms. The van der Waals surface area contributed by atoms with Crippen LogP contribution in [0.2, 0.25) is 0 Å². The summed E-state index contributed by atoms with van der Waals surface area (Å²) >= 11 is 0. The van der Waals surface area contributed by atoms with Crippen LogP contribution in [-0.2, 0) is 0 Å². The van der Waals surface area contributed by atoms with Gasteiger partial charge in [-0.2, -0.15) is 13.2 Å². The molecule has 1 aliphatic rings. The molecule has 0 aliphatic heterocycles. The molecule has 1 atom stereocenters. The van der Waals surface area contributed by atoms with Crippen molar-refractivity contribution >= 4 is 0 Å². The maximum absolute atomic E-state index is 12.3. The van der Waals surface area contributed by atoms with Crippen molar-refractivity contribution in [2.24, 2.45) is 0 Å². The van der Waals surface area contributed by atoms with Crippen molar-refractivity contribution in [3.63, 3.8) is 0 Å². The molecule has 0 aromatic rings. The SMILES string of the molecule is CC1=C(C(F)(F)F)C=C(C(F)F)C(O)C1. The summed E-state index contributed by atoms with van der Waals surface area (Å²) in [6.07, 6.45) is -9.29. The molecule has 1 nitrogen and oxygen atoms in total. The predicted molar refractivity (Wildman–Crippen MR) is 43.5 cm³/mol. The van der Waals surface area contributed by atoms with E-state index in [-0.39, 0.29) is 5.57 Å². The Morgan fingerprint density at radius 1 is 1.40 bits per heavy atom. The normalized spacial score (nSPS) is 23.5. The maximum atomic E-state index is 12.3. The Balaban J connectivity index is 3.13. The van der Waals surface area contributed by atoms with E-state index in [2.05, 4.69) is 0 Å². The van der Waals surface area contributed by atoms with Gasteiger partial charge in [-0.15, -0.1) is 0 Å². The van der Waals surface area contributed by atoms with Crippen LogP contribution >= 0.6 is 0 Å². The van der Waals surface area contributed by atoms with Gasteiger partial charge >= 0.3 is 6.18 Å². The van der Waals surface area contributed by atoms with Crippen molar-refractivity contribution in [3.8, 4) is 0 Å². The Hall–Kier alpha value is -0.910. The van der Waals surface area contributed by atoms with Gasteiger partial charge in [0.05, 0.1) is 11.7 Å². The summed E-state index contributed by atoms with van der Waals surface area (Å²) in [6.45, 7) is 1.17. The summed E-state index contributed by atoms with van der Waals surface area (Å²) in [5, 5.41) is 9.14. The van der Waals surface area contributed by atoms with Crippen LogP contribution in [-0.4, -0.2) is 23.8 Å². The van der Waals surface area contributed by atoms with Gasteiger partial charge in [0, 0.05) is 5.57 Å². The smallest absolute Gasteiger partial charge is 0.388 e. The van der Waals surface area contributed by atoms with Gasteiger partial charge in [-0.25, -0.2) is 8.78 Å². The third kappa shape index (κ3) is 2.56. The van der Waals surface area contributed by atoms with Crippen LogP contribution in [0.15, 0.2) is 22.8 Å². The summed E-state index contributed by atoms with van der Waals surface area (Å²) in [7, 11) is 0. The minimum absolute atomic E-state index is 0.126. The van der Waals surface area contributed by atoms with Crippen LogP contribution in [0, 0.1) is 0 Å². The molecule has 0 aromatic carbocycles. The molecule has 0 fully saturated rings. The first-order valence-corrected chi connectivity index (χ1v) is 4.18. The molecule has 0 heterocycles. The lowest BCUT2D eigenvalue weighted by molar-refractivity contribution is -0.0899. The molecule has 1 N–H and O–H groups in total. The number of alkyl halides is 5. The van der Waals surface area contributed by atoms with Gasteiger partial charge in [-0.3, -0.25) is 0 Å². The molecule has 0 saturated carbocycles. The van der Waals surface area contributed by atoms with E-state index in [1.807, 2.05) is 0 Å². The van der Waals surface area contributed by atoms with Crippen LogP contribution in [0.3, 0.4) is 0 Å². The number of hydrogen-bond donors (Lipinski definition) is 1. The molecule has 86 valence electrons. The standard InChI is InChI=1S/C9H9F5O/c1-4-2-7(15)5(8(10)11)3-6(4)9(12,13)14/h3,7-8,15H,2H2,1H3. The average molecular weight is 228 g/mol. The van der Waals surface area contributed by atoms with Crippen LogP contribution in [0.5, 0.6) is 0 Å². The lowest BCUT2D eigenvalue weighted by Gasteiger charge is -2.23. The van der Waals surface area contributed by atoms with Crippen molar-refractivity contribution in [1.29, 1.82) is 0 Å². The molecular formula is C9H9F5O. The molecule has 0 aromatic heterocycles. The topological polar surface area (TPSA) is 20.2 Å². The van der Waals surface area contributed by atoms with E-state index in [0.717, 1.165) is 0 Å². The van der Waals surface area contributed by atoms with E-state index < -0.39 is 36.3 Å². The second kappa shape index (κ2) is 3.92. The molecule has 0 radical (unpaired) electrons. The number of allylic oxidation sites excluding steroid dienone is 2. The highest BCUT2D eigenvalue weighted by Gasteiger charge is 2.38. The summed E-state index contributed by atoms with van der Waals surface area (Å²) < 4.78 is 61.5. The van der Waals surface area contributed by atoms with Crippen molar-refractivity contribution in [2.75, 3.05) is 0 Å². The van der Waals surface area contributed by atoms with Crippen molar-refractivity contribution in [2.45, 2.75) is 32.1 Å². The van der Waals surface area contributed by atoms with E-state index in [0.29, 0.717) is 6.08 Å². The highest BCUT2D eigenvalue weighted by atomic mass is 19.4. The fraction of sp³-hybridized carbons (Fsp3) is 0.556. The Bertz CT molecular complexity index is 313. The first-order chi connectivity index (χ1) is 6.73. The zero-order valence-electron chi connectivity index (χ0n) is 7.78. The third-order valence-electron chi connectivity index (χ3n) is 2.21. The summed E-state index contributed by atoms with van der Waals surface area (Å²) in [4.78, 5) is 0. The van der Waals surface area contributed by atoms with Crippen molar-refractivity contribution in [3.05, 3.63) is 22.8 Å². The molecule has 1 aliphatic carbocycles. The molecule has 1 unspecified atom stereocenters. The zero-order chi connectivity index (χ0) is 11.8. The molecule has 0 bridgehead atoms. The number of aliphatic hydroxyl groups excluding tert-OH is 1. The van der Waals surface area contributed by atoms with E-state index in [4.69, 9.17) is 5.11 Å². The van der Waals surface area contributed by atoms with Crippen molar-refractivity contribution in [1.82, 2.24) is 0 Å². The maximum Gasteiger partial charge on any atom is 0.416 e. The van der Waals surface area contributed by atoms with E-state index >= 15 is 0 Å². The summed E-state index contributed by atoms with van der Waals surface area (Å²) in [5.74, 6) is 0. The summed E-state index contributed by atoms with van der Waals surface area (Å²) in [5.41, 5.74) is -2.07. The van der Waals surface area contributed by atoms with Gasteiger partial charge in [-0.1, -0.05) is 5.57 Å². The minimum atomic E-state index is -4.65. The van der Waals surface area contributed by atoms with Crippen LogP contribution < -0.4 is 0 Å². The third-order valence-corrected chi connectivity index (χ3v) is 2.21. The Labute approximate surface area is 82.9 Å². The van der Waals surface area contributed by atoms with Gasteiger partial charge < -0.3 is 5.11 Å². The van der Waals surface area contributed by atoms with Crippen LogP contribution in [0.4, 0.5) is 22.0 Å². The molecule has 1 rings (SSSR count). The second-order valence-electron chi connectivity index (χ2n) is 3.36. The Kier molecular flexibility index (Phi) is 3.18. The number of aliphatic hydroxyl groups is 1. The fourth-order valence-electron chi connectivity index (χ4n) is 1.44. The molecule has 0 spiro atoms. The van der Waals surface area contributed by atoms with Crippen LogP contribution in [0.25, 0.3) is 0 Å². The first kappa shape index (κ1) is 12.2. The molecule has 0 saturated heterocycles. The average Bonchev–Trinajstić information content (AvgIpc) is 2.00. The molecule has 6 heteroatoms. The van der Waals surface area contributed by atoms with E-state index in [1.165, 1.54) is 6.92 Å². The monoisotopic (exact) mass is 228 g/mol. The number of rotatable bonds is 1. The molecule has 0 amide bonds. The number of halogens is 5. The zero-order valence-corrected chi connectivity index (χ0v) is 7.78. The largest absolute Gasteiger partial charge is 0.416 e.